The molecule has 0 aliphatic heterocycles. The fourth-order valence-corrected chi connectivity index (χ4v) is 3.92. The second-order valence-electron chi connectivity index (χ2n) is 6.79. The predicted octanol–water partition coefficient (Wildman–Crippen LogP) is 5.92. The van der Waals surface area contributed by atoms with Crippen LogP contribution in [0.4, 0.5) is 0 Å². The van der Waals surface area contributed by atoms with E-state index in [0.29, 0.717) is 0 Å². The molecule has 0 bridgehead atoms. The van der Waals surface area contributed by atoms with E-state index in [1.165, 1.54) is 38.4 Å². The molecular formula is C23H21N3. The first-order chi connectivity index (χ1) is 12.8. The standard InChI is InChI=1S/C23H21N3/c1-3-15-9-11-19-17(13-15)18-14-16(10-12-20(18)24-19)23-25-21-7-5-6-8-22(21)26(23)4-2/h5-14,24H,3-4H2,1-2H3. The third kappa shape index (κ3) is 2.17. The van der Waals surface area contributed by atoms with Crippen molar-refractivity contribution in [2.75, 3.05) is 0 Å². The summed E-state index contributed by atoms with van der Waals surface area (Å²) >= 11 is 0. The number of hydrogen-bond donors (Lipinski definition) is 1. The van der Waals surface area contributed by atoms with Crippen molar-refractivity contribution >= 4 is 32.8 Å². The predicted molar refractivity (Wildman–Crippen MR) is 110 cm³/mol. The Morgan fingerprint density at radius 1 is 0.885 bits per heavy atom. The zero-order valence-electron chi connectivity index (χ0n) is 15.1. The summed E-state index contributed by atoms with van der Waals surface area (Å²) < 4.78 is 2.29. The Bertz CT molecular complexity index is 1260. The van der Waals surface area contributed by atoms with Gasteiger partial charge in [0.25, 0.3) is 0 Å². The van der Waals surface area contributed by atoms with Crippen molar-refractivity contribution in [2.45, 2.75) is 26.8 Å². The molecule has 2 aromatic heterocycles. The number of fused-ring (bicyclic) bond motifs is 4. The molecule has 26 heavy (non-hydrogen) atoms. The maximum Gasteiger partial charge on any atom is 0.141 e. The molecule has 0 radical (unpaired) electrons. The highest BCUT2D eigenvalue weighted by Crippen LogP contribution is 2.32. The highest BCUT2D eigenvalue weighted by atomic mass is 15.1. The lowest BCUT2D eigenvalue weighted by atomic mass is 10.1. The van der Waals surface area contributed by atoms with Gasteiger partial charge in [0.2, 0.25) is 0 Å². The summed E-state index contributed by atoms with van der Waals surface area (Å²) in [6, 6.07) is 21.7. The lowest BCUT2D eigenvalue weighted by molar-refractivity contribution is 0.796. The summed E-state index contributed by atoms with van der Waals surface area (Å²) in [7, 11) is 0. The molecule has 2 heterocycles. The summed E-state index contributed by atoms with van der Waals surface area (Å²) in [4.78, 5) is 8.45. The van der Waals surface area contributed by atoms with Crippen molar-refractivity contribution in [3.05, 3.63) is 66.2 Å². The molecule has 5 rings (SSSR count). The molecule has 1 N–H and O–H groups in total. The third-order valence-electron chi connectivity index (χ3n) is 5.30. The largest absolute Gasteiger partial charge is 0.355 e. The minimum absolute atomic E-state index is 0.905. The average molecular weight is 339 g/mol. The Morgan fingerprint density at radius 2 is 1.65 bits per heavy atom. The molecule has 128 valence electrons. The topological polar surface area (TPSA) is 33.6 Å². The zero-order chi connectivity index (χ0) is 17.7. The first kappa shape index (κ1) is 15.2. The van der Waals surface area contributed by atoms with E-state index < -0.39 is 0 Å². The van der Waals surface area contributed by atoms with E-state index in [0.717, 1.165) is 24.3 Å². The van der Waals surface area contributed by atoms with Crippen molar-refractivity contribution in [1.29, 1.82) is 0 Å². The van der Waals surface area contributed by atoms with Crippen molar-refractivity contribution in [3.63, 3.8) is 0 Å². The molecule has 5 aromatic rings. The summed E-state index contributed by atoms with van der Waals surface area (Å²) in [6.45, 7) is 5.28. The summed E-state index contributed by atoms with van der Waals surface area (Å²) in [5, 5.41) is 2.56. The number of hydrogen-bond acceptors (Lipinski definition) is 1. The lowest BCUT2D eigenvalue weighted by Gasteiger charge is -2.06. The Hall–Kier alpha value is -3.07. The van der Waals surface area contributed by atoms with E-state index in [-0.39, 0.29) is 0 Å². The van der Waals surface area contributed by atoms with Gasteiger partial charge in [-0.1, -0.05) is 25.1 Å². The summed E-state index contributed by atoms with van der Waals surface area (Å²) in [5.41, 5.74) is 7.14. The van der Waals surface area contributed by atoms with Crippen LogP contribution in [0.3, 0.4) is 0 Å². The van der Waals surface area contributed by atoms with Crippen molar-refractivity contribution < 1.29 is 0 Å². The van der Waals surface area contributed by atoms with E-state index in [1.54, 1.807) is 0 Å². The number of para-hydroxylation sites is 2. The van der Waals surface area contributed by atoms with Gasteiger partial charge >= 0.3 is 0 Å². The lowest BCUT2D eigenvalue weighted by Crippen LogP contribution is -1.97. The van der Waals surface area contributed by atoms with Crippen LogP contribution in [0.1, 0.15) is 19.4 Å². The van der Waals surface area contributed by atoms with Crippen LogP contribution in [-0.2, 0) is 13.0 Å². The molecule has 0 saturated carbocycles. The number of aromatic amines is 1. The second-order valence-corrected chi connectivity index (χ2v) is 6.79. The van der Waals surface area contributed by atoms with Crippen LogP contribution < -0.4 is 0 Å². The molecule has 3 nitrogen and oxygen atoms in total. The third-order valence-corrected chi connectivity index (χ3v) is 5.30. The van der Waals surface area contributed by atoms with Gasteiger partial charge in [0.1, 0.15) is 5.82 Å². The monoisotopic (exact) mass is 339 g/mol. The highest BCUT2D eigenvalue weighted by molar-refractivity contribution is 6.08. The van der Waals surface area contributed by atoms with Gasteiger partial charge < -0.3 is 9.55 Å². The fraction of sp³-hybridized carbons (Fsp3) is 0.174. The number of imidazole rings is 1. The van der Waals surface area contributed by atoms with E-state index >= 15 is 0 Å². The number of benzene rings is 3. The Morgan fingerprint density at radius 3 is 2.46 bits per heavy atom. The Balaban J connectivity index is 1.78. The zero-order valence-corrected chi connectivity index (χ0v) is 15.1. The maximum absolute atomic E-state index is 4.91. The van der Waals surface area contributed by atoms with Crippen molar-refractivity contribution in [1.82, 2.24) is 14.5 Å². The van der Waals surface area contributed by atoms with Crippen LogP contribution in [0.2, 0.25) is 0 Å². The molecule has 0 amide bonds. The molecule has 0 fully saturated rings. The number of H-pyrrole nitrogens is 1. The normalized spacial score (nSPS) is 11.8. The van der Waals surface area contributed by atoms with E-state index in [2.05, 4.69) is 78.0 Å². The molecule has 0 unspecified atom stereocenters. The van der Waals surface area contributed by atoms with Crippen LogP contribution in [0.5, 0.6) is 0 Å². The fourth-order valence-electron chi connectivity index (χ4n) is 3.92. The van der Waals surface area contributed by atoms with Crippen molar-refractivity contribution in [3.8, 4) is 11.4 Å². The molecule has 3 aromatic carbocycles. The van der Waals surface area contributed by atoms with E-state index in [4.69, 9.17) is 4.98 Å². The van der Waals surface area contributed by atoms with Gasteiger partial charge in [0, 0.05) is 33.9 Å². The highest BCUT2D eigenvalue weighted by Gasteiger charge is 2.13. The van der Waals surface area contributed by atoms with Crippen LogP contribution in [-0.4, -0.2) is 14.5 Å². The number of nitrogens with zero attached hydrogens (tertiary/aromatic N) is 2. The SMILES string of the molecule is CCc1ccc2[nH]c3ccc(-c4nc5ccccc5n4CC)cc3c2c1. The number of aryl methyl sites for hydroxylation is 2. The first-order valence-electron chi connectivity index (χ1n) is 9.28. The summed E-state index contributed by atoms with van der Waals surface area (Å²) in [5.74, 6) is 1.04. The van der Waals surface area contributed by atoms with Crippen LogP contribution in [0.25, 0.3) is 44.2 Å². The van der Waals surface area contributed by atoms with Gasteiger partial charge in [-0.15, -0.1) is 0 Å². The van der Waals surface area contributed by atoms with Gasteiger partial charge in [-0.3, -0.25) is 0 Å². The minimum Gasteiger partial charge on any atom is -0.355 e. The van der Waals surface area contributed by atoms with Crippen LogP contribution in [0, 0.1) is 0 Å². The maximum atomic E-state index is 4.91. The molecule has 0 aliphatic rings. The molecule has 0 aliphatic carbocycles. The van der Waals surface area contributed by atoms with Crippen molar-refractivity contribution in [2.24, 2.45) is 0 Å². The number of rotatable bonds is 3. The van der Waals surface area contributed by atoms with Crippen LogP contribution in [0.15, 0.2) is 60.7 Å². The Kier molecular flexibility index (Phi) is 3.35. The first-order valence-corrected chi connectivity index (χ1v) is 9.28. The molecule has 3 heteroatoms. The van der Waals surface area contributed by atoms with Gasteiger partial charge in [-0.25, -0.2) is 4.98 Å². The van der Waals surface area contributed by atoms with E-state index in [9.17, 15) is 0 Å². The number of aromatic nitrogens is 3. The van der Waals surface area contributed by atoms with Gasteiger partial charge in [0.15, 0.2) is 0 Å². The van der Waals surface area contributed by atoms with Gasteiger partial charge in [-0.2, -0.15) is 0 Å². The molecular weight excluding hydrogens is 318 g/mol. The smallest absolute Gasteiger partial charge is 0.141 e. The second kappa shape index (κ2) is 5.73. The Labute approximate surface area is 152 Å². The summed E-state index contributed by atoms with van der Waals surface area (Å²) in [6.07, 6.45) is 1.05. The molecule has 0 spiro atoms. The molecule has 0 saturated heterocycles. The van der Waals surface area contributed by atoms with Gasteiger partial charge in [-0.05, 0) is 61.4 Å². The van der Waals surface area contributed by atoms with Gasteiger partial charge in [0.05, 0.1) is 11.0 Å². The van der Waals surface area contributed by atoms with E-state index in [1.807, 2.05) is 6.07 Å². The van der Waals surface area contributed by atoms with Crippen LogP contribution >= 0.6 is 0 Å². The molecule has 0 atom stereocenters. The number of nitrogens with one attached hydrogen (secondary N) is 1. The quantitative estimate of drug-likeness (QED) is 0.435. The average Bonchev–Trinajstić information content (AvgIpc) is 3.24. The minimum atomic E-state index is 0.905.